The summed E-state index contributed by atoms with van der Waals surface area (Å²) in [5, 5.41) is 20.4. The van der Waals surface area contributed by atoms with Crippen molar-refractivity contribution in [3.63, 3.8) is 0 Å². The second-order valence-electron chi connectivity index (χ2n) is 11.4. The Kier molecular flexibility index (Phi) is 44.4. The van der Waals surface area contributed by atoms with Crippen LogP contribution >= 0.6 is 0 Å². The Bertz CT molecular complexity index is 524. The first-order valence-corrected chi connectivity index (χ1v) is 17.2. The first-order chi connectivity index (χ1) is 19.5. The van der Waals surface area contributed by atoms with E-state index in [-0.39, 0.29) is 29.3 Å². The van der Waals surface area contributed by atoms with Crippen LogP contribution < -0.4 is 10.2 Å². The van der Waals surface area contributed by atoms with Crippen molar-refractivity contribution >= 4 is 11.9 Å². The van der Waals surface area contributed by atoms with Gasteiger partial charge in [-0.2, -0.15) is 0 Å². The van der Waals surface area contributed by atoms with Gasteiger partial charge in [-0.1, -0.05) is 141 Å². The van der Waals surface area contributed by atoms with Crippen molar-refractivity contribution < 1.29 is 36.3 Å². The number of carbonyl (C=O) groups excluding carboxylic acids is 2. The van der Waals surface area contributed by atoms with E-state index >= 15 is 0 Å². The van der Waals surface area contributed by atoms with Crippen LogP contribution in [-0.2, 0) is 26.1 Å². The van der Waals surface area contributed by atoms with E-state index in [2.05, 4.69) is 38.2 Å². The molecular formula is C36H66NiO4. The number of unbranched alkanes of at least 4 members (excludes halogenated alkanes) is 22. The van der Waals surface area contributed by atoms with Crippen LogP contribution in [0, 0.1) is 0 Å². The molecule has 0 aromatic rings. The zero-order valence-electron chi connectivity index (χ0n) is 27.1. The van der Waals surface area contributed by atoms with E-state index in [1.807, 2.05) is 0 Å². The molecule has 0 spiro atoms. The molecule has 0 saturated heterocycles. The summed E-state index contributed by atoms with van der Waals surface area (Å²) in [5.74, 6) is -1.82. The van der Waals surface area contributed by atoms with Crippen molar-refractivity contribution in [3.05, 3.63) is 24.3 Å². The number of carboxylic acids is 2. The van der Waals surface area contributed by atoms with Crippen molar-refractivity contribution in [2.24, 2.45) is 0 Å². The number of rotatable bonds is 30. The fourth-order valence-electron chi connectivity index (χ4n) is 4.68. The summed E-state index contributed by atoms with van der Waals surface area (Å²) in [6.45, 7) is 4.50. The van der Waals surface area contributed by atoms with Gasteiger partial charge >= 0.3 is 16.5 Å². The quantitative estimate of drug-likeness (QED) is 0.0455. The maximum absolute atomic E-state index is 10.2. The first-order valence-electron chi connectivity index (χ1n) is 17.2. The number of aliphatic carboxylic acids is 2. The molecule has 0 aromatic carbocycles. The average Bonchev–Trinajstić information content (AvgIpc) is 2.93. The van der Waals surface area contributed by atoms with Gasteiger partial charge in [0.1, 0.15) is 0 Å². The molecule has 244 valence electrons. The van der Waals surface area contributed by atoms with Crippen LogP contribution in [0.25, 0.3) is 0 Å². The smallest absolute Gasteiger partial charge is 0.550 e. The normalized spacial score (nSPS) is 11.0. The van der Waals surface area contributed by atoms with Crippen LogP contribution in [0.5, 0.6) is 0 Å². The third-order valence-corrected chi connectivity index (χ3v) is 7.29. The van der Waals surface area contributed by atoms with Gasteiger partial charge in [-0.15, -0.1) is 0 Å². The molecule has 0 aliphatic heterocycles. The molecule has 0 radical (unpaired) electrons. The van der Waals surface area contributed by atoms with Crippen LogP contribution in [0.15, 0.2) is 24.3 Å². The molecule has 0 unspecified atom stereocenters. The summed E-state index contributed by atoms with van der Waals surface area (Å²) >= 11 is 0. The van der Waals surface area contributed by atoms with E-state index in [9.17, 15) is 19.8 Å². The summed E-state index contributed by atoms with van der Waals surface area (Å²) in [4.78, 5) is 20.4. The second kappa shape index (κ2) is 41.1. The van der Waals surface area contributed by atoms with E-state index in [0.29, 0.717) is 0 Å². The molecule has 0 aliphatic rings. The molecule has 0 aromatic heterocycles. The Labute approximate surface area is 265 Å². The molecule has 0 fully saturated rings. The predicted octanol–water partition coefficient (Wildman–Crippen LogP) is 9.55. The molecule has 0 saturated carbocycles. The maximum atomic E-state index is 10.2. The average molecular weight is 622 g/mol. The molecule has 0 amide bonds. The largest absolute Gasteiger partial charge is 2.00 e. The Morgan fingerprint density at radius 1 is 0.390 bits per heavy atom. The van der Waals surface area contributed by atoms with Gasteiger partial charge in [0.15, 0.2) is 0 Å². The maximum Gasteiger partial charge on any atom is 2.00 e. The van der Waals surface area contributed by atoms with Gasteiger partial charge in [0.2, 0.25) is 0 Å². The van der Waals surface area contributed by atoms with Gasteiger partial charge in [0, 0.05) is 11.9 Å². The minimum Gasteiger partial charge on any atom is -0.550 e. The molecule has 4 nitrogen and oxygen atoms in total. The number of hydrogen-bond donors (Lipinski definition) is 0. The standard InChI is InChI=1S/2C18H34O2.Ni/c2*1-2-3-4-5-6-7-8-9-10-11-12-13-14-15-16-17-18(19)20;/h2*7-8H,2-6,9-17H2,1H3,(H,19,20);/q;;+2/p-2/b2*8-7-;. The summed E-state index contributed by atoms with van der Waals surface area (Å²) in [5.41, 5.74) is 0. The molecule has 0 atom stereocenters. The van der Waals surface area contributed by atoms with Crippen LogP contribution in [0.1, 0.15) is 194 Å². The van der Waals surface area contributed by atoms with E-state index in [1.54, 1.807) is 0 Å². The van der Waals surface area contributed by atoms with Crippen LogP contribution in [-0.4, -0.2) is 11.9 Å². The van der Waals surface area contributed by atoms with Gasteiger partial charge in [-0.25, -0.2) is 0 Å². The fraction of sp³-hybridized carbons (Fsp3) is 0.833. The molecular weight excluding hydrogens is 555 g/mol. The minimum atomic E-state index is -0.911. The van der Waals surface area contributed by atoms with Crippen molar-refractivity contribution in [1.82, 2.24) is 0 Å². The molecule has 5 heteroatoms. The Balaban J connectivity index is -0.000000688. The van der Waals surface area contributed by atoms with Gasteiger partial charge in [-0.3, -0.25) is 0 Å². The molecule has 0 bridgehead atoms. The van der Waals surface area contributed by atoms with E-state index < -0.39 is 11.9 Å². The second-order valence-corrected chi connectivity index (χ2v) is 11.4. The monoisotopic (exact) mass is 620 g/mol. The van der Waals surface area contributed by atoms with Crippen molar-refractivity contribution in [2.45, 2.75) is 194 Å². The summed E-state index contributed by atoms with van der Waals surface area (Å²) in [6.07, 6.45) is 41.8. The summed E-state index contributed by atoms with van der Waals surface area (Å²) < 4.78 is 0. The minimum absolute atomic E-state index is 0. The Morgan fingerprint density at radius 2 is 0.610 bits per heavy atom. The molecule has 0 N–H and O–H groups in total. The van der Waals surface area contributed by atoms with Gasteiger partial charge < -0.3 is 19.8 Å². The first kappa shape index (κ1) is 44.4. The molecule has 0 heterocycles. The number of carboxylic acid groups (broad SMARTS) is 2. The Hall–Kier alpha value is -1.09. The fourth-order valence-corrected chi connectivity index (χ4v) is 4.68. The van der Waals surface area contributed by atoms with Crippen molar-refractivity contribution in [1.29, 1.82) is 0 Å². The molecule has 0 rings (SSSR count). The van der Waals surface area contributed by atoms with Crippen molar-refractivity contribution in [3.8, 4) is 0 Å². The van der Waals surface area contributed by atoms with Crippen molar-refractivity contribution in [2.75, 3.05) is 0 Å². The van der Waals surface area contributed by atoms with Crippen LogP contribution in [0.2, 0.25) is 0 Å². The van der Waals surface area contributed by atoms with E-state index in [1.165, 1.54) is 141 Å². The topological polar surface area (TPSA) is 80.3 Å². The molecule has 41 heavy (non-hydrogen) atoms. The van der Waals surface area contributed by atoms with Gasteiger partial charge in [0.05, 0.1) is 0 Å². The number of allylic oxidation sites excluding steroid dienone is 4. The van der Waals surface area contributed by atoms with E-state index in [4.69, 9.17) is 0 Å². The number of hydrogen-bond acceptors (Lipinski definition) is 4. The van der Waals surface area contributed by atoms with Gasteiger partial charge in [0.25, 0.3) is 0 Å². The summed E-state index contributed by atoms with van der Waals surface area (Å²) in [6, 6.07) is 0. The van der Waals surface area contributed by atoms with E-state index in [0.717, 1.165) is 25.7 Å². The van der Waals surface area contributed by atoms with Crippen LogP contribution in [0.4, 0.5) is 0 Å². The summed E-state index contributed by atoms with van der Waals surface area (Å²) in [7, 11) is 0. The zero-order valence-corrected chi connectivity index (χ0v) is 28.0. The Morgan fingerprint density at radius 3 is 0.854 bits per heavy atom. The molecule has 0 aliphatic carbocycles. The predicted molar refractivity (Wildman–Crippen MR) is 169 cm³/mol. The third-order valence-electron chi connectivity index (χ3n) is 7.29. The van der Waals surface area contributed by atoms with Crippen LogP contribution in [0.3, 0.4) is 0 Å². The zero-order chi connectivity index (χ0) is 29.8. The SMILES string of the molecule is CCCCCC/C=C\CCCCCCCCCC(=O)[O-].CCCCCC/C=C\CCCCCCCCCC(=O)[O-].[Ni+2]. The van der Waals surface area contributed by atoms with Gasteiger partial charge in [-0.05, 0) is 77.0 Å². The number of carbonyl (C=O) groups is 2. The third kappa shape index (κ3) is 48.9.